The molecule has 0 N–H and O–H groups in total. The van der Waals surface area contributed by atoms with Gasteiger partial charge in [0.15, 0.2) is 0 Å². The maximum atomic E-state index is 12.4. The molecule has 1 aromatic carbocycles. The Morgan fingerprint density at radius 1 is 1.31 bits per heavy atom. The number of aromatic nitrogens is 1. The number of amides is 1. The highest BCUT2D eigenvalue weighted by Gasteiger charge is 2.28. The van der Waals surface area contributed by atoms with Crippen LogP contribution in [-0.2, 0) is 14.3 Å². The first kappa shape index (κ1) is 17.0. The number of hydrogen-bond acceptors (Lipinski definition) is 7. The van der Waals surface area contributed by atoms with Gasteiger partial charge in [0.2, 0.25) is 5.76 Å². The van der Waals surface area contributed by atoms with Gasteiger partial charge in [0, 0.05) is 32.0 Å². The average Bonchev–Trinajstić information content (AvgIpc) is 3.10. The van der Waals surface area contributed by atoms with Crippen molar-refractivity contribution in [3.63, 3.8) is 0 Å². The lowest BCUT2D eigenvalue weighted by Crippen LogP contribution is -2.43. The molecule has 1 fully saturated rings. The van der Waals surface area contributed by atoms with E-state index in [4.69, 9.17) is 18.9 Å². The Kier molecular flexibility index (Phi) is 4.83. The Balaban J connectivity index is 1.35. The number of ether oxygens (including phenoxy) is 4. The van der Waals surface area contributed by atoms with Gasteiger partial charge < -0.3 is 23.8 Å². The van der Waals surface area contributed by atoms with Gasteiger partial charge in [-0.25, -0.2) is 4.98 Å². The molecule has 0 aliphatic carbocycles. The number of thiazole rings is 1. The highest BCUT2D eigenvalue weighted by Crippen LogP contribution is 2.32. The summed E-state index contributed by atoms with van der Waals surface area (Å²) in [4.78, 5) is 18.7. The summed E-state index contributed by atoms with van der Waals surface area (Å²) in [5, 5.41) is 0.657. The first-order chi connectivity index (χ1) is 12.7. The van der Waals surface area contributed by atoms with Crippen molar-refractivity contribution < 1.29 is 23.7 Å². The van der Waals surface area contributed by atoms with Crippen LogP contribution in [0.1, 0.15) is 12.8 Å². The molecule has 0 atom stereocenters. The zero-order valence-electron chi connectivity index (χ0n) is 14.5. The van der Waals surface area contributed by atoms with E-state index < -0.39 is 0 Å². The van der Waals surface area contributed by atoms with Crippen LogP contribution in [0, 0.1) is 0 Å². The summed E-state index contributed by atoms with van der Waals surface area (Å²) in [7, 11) is 1.64. The van der Waals surface area contributed by atoms with Gasteiger partial charge in [-0.3, -0.25) is 4.79 Å². The zero-order valence-corrected chi connectivity index (χ0v) is 15.3. The smallest absolute Gasteiger partial charge is 0.292 e. The summed E-state index contributed by atoms with van der Waals surface area (Å²) in [6, 6.07) is 5.81. The Labute approximate surface area is 155 Å². The lowest BCUT2D eigenvalue weighted by Gasteiger charge is -2.32. The summed E-state index contributed by atoms with van der Waals surface area (Å²) in [6.07, 6.45) is 2.99. The molecule has 0 radical (unpaired) electrons. The van der Waals surface area contributed by atoms with Gasteiger partial charge in [0.25, 0.3) is 11.1 Å². The second-order valence-electron chi connectivity index (χ2n) is 6.12. The molecule has 3 heterocycles. The Morgan fingerprint density at radius 3 is 2.88 bits per heavy atom. The Bertz CT molecular complexity index is 826. The second-order valence-corrected chi connectivity index (χ2v) is 7.12. The molecule has 0 saturated carbocycles. The van der Waals surface area contributed by atoms with Gasteiger partial charge in [-0.05, 0) is 12.1 Å². The normalized spacial score (nSPS) is 18.0. The standard InChI is InChI=1S/C18H20N2O5S/c1-22-13-2-3-16-14(10-13)19-18(26-16)25-12-4-6-20(7-5-12)17(21)15-11-23-8-9-24-15/h2-3,10-12H,4-9H2,1H3. The summed E-state index contributed by atoms with van der Waals surface area (Å²) in [5.74, 6) is 0.954. The van der Waals surface area contributed by atoms with Crippen molar-refractivity contribution in [2.24, 2.45) is 0 Å². The van der Waals surface area contributed by atoms with Crippen molar-refractivity contribution in [2.75, 3.05) is 33.4 Å². The molecule has 1 saturated heterocycles. The quantitative estimate of drug-likeness (QED) is 0.817. The Morgan fingerprint density at radius 2 is 2.15 bits per heavy atom. The number of methoxy groups -OCH3 is 1. The van der Waals surface area contributed by atoms with E-state index in [1.807, 2.05) is 18.2 Å². The fraction of sp³-hybridized carbons (Fsp3) is 0.444. The lowest BCUT2D eigenvalue weighted by atomic mass is 10.1. The molecular formula is C18H20N2O5S. The maximum absolute atomic E-state index is 12.4. The van der Waals surface area contributed by atoms with Crippen LogP contribution in [-0.4, -0.2) is 55.3 Å². The predicted octanol–water partition coefficient (Wildman–Crippen LogP) is 2.56. The molecule has 138 valence electrons. The van der Waals surface area contributed by atoms with Crippen molar-refractivity contribution in [2.45, 2.75) is 18.9 Å². The van der Waals surface area contributed by atoms with Crippen LogP contribution in [0.2, 0.25) is 0 Å². The second kappa shape index (κ2) is 7.41. The molecule has 2 aliphatic heterocycles. The monoisotopic (exact) mass is 376 g/mol. The number of fused-ring (bicyclic) bond motifs is 1. The van der Waals surface area contributed by atoms with Crippen LogP contribution >= 0.6 is 11.3 Å². The van der Waals surface area contributed by atoms with E-state index in [0.717, 1.165) is 28.8 Å². The van der Waals surface area contributed by atoms with Gasteiger partial charge in [0.05, 0.1) is 17.3 Å². The minimum Gasteiger partial charge on any atom is -0.497 e. The van der Waals surface area contributed by atoms with E-state index in [1.54, 1.807) is 12.0 Å². The van der Waals surface area contributed by atoms with Crippen LogP contribution in [0.15, 0.2) is 30.2 Å². The number of likely N-dealkylation sites (tertiary alicyclic amines) is 1. The highest BCUT2D eigenvalue weighted by molar-refractivity contribution is 7.20. The van der Waals surface area contributed by atoms with Gasteiger partial charge in [-0.1, -0.05) is 11.3 Å². The fourth-order valence-electron chi connectivity index (χ4n) is 3.02. The third-order valence-corrected chi connectivity index (χ3v) is 5.36. The van der Waals surface area contributed by atoms with Crippen LogP contribution in [0.5, 0.6) is 10.9 Å². The molecule has 26 heavy (non-hydrogen) atoms. The summed E-state index contributed by atoms with van der Waals surface area (Å²) in [5.41, 5.74) is 0.873. The van der Waals surface area contributed by atoms with Gasteiger partial charge >= 0.3 is 0 Å². The number of carbonyl (C=O) groups excluding carboxylic acids is 1. The summed E-state index contributed by atoms with van der Waals surface area (Å²) in [6.45, 7) is 2.16. The molecule has 0 unspecified atom stereocenters. The molecule has 0 bridgehead atoms. The number of piperidine rings is 1. The van der Waals surface area contributed by atoms with Crippen LogP contribution in [0.3, 0.4) is 0 Å². The number of carbonyl (C=O) groups is 1. The molecule has 8 heteroatoms. The molecule has 0 spiro atoms. The molecule has 1 aromatic heterocycles. The number of rotatable bonds is 4. The predicted molar refractivity (Wildman–Crippen MR) is 96.4 cm³/mol. The average molecular weight is 376 g/mol. The third kappa shape index (κ3) is 3.55. The number of nitrogens with zero attached hydrogens (tertiary/aromatic N) is 2. The lowest BCUT2D eigenvalue weighted by molar-refractivity contribution is -0.134. The van der Waals surface area contributed by atoms with Crippen molar-refractivity contribution >= 4 is 27.5 Å². The van der Waals surface area contributed by atoms with Crippen LogP contribution in [0.4, 0.5) is 0 Å². The first-order valence-corrected chi connectivity index (χ1v) is 9.39. The number of benzene rings is 1. The molecular weight excluding hydrogens is 356 g/mol. The largest absolute Gasteiger partial charge is 0.497 e. The van der Waals surface area contributed by atoms with E-state index in [1.165, 1.54) is 17.6 Å². The fourth-order valence-corrected chi connectivity index (χ4v) is 3.88. The van der Waals surface area contributed by atoms with E-state index >= 15 is 0 Å². The van der Waals surface area contributed by atoms with Gasteiger partial charge in [0.1, 0.15) is 31.3 Å². The topological polar surface area (TPSA) is 70.1 Å². The van der Waals surface area contributed by atoms with E-state index in [-0.39, 0.29) is 17.8 Å². The third-order valence-electron chi connectivity index (χ3n) is 4.43. The van der Waals surface area contributed by atoms with Crippen LogP contribution in [0.25, 0.3) is 10.2 Å². The van der Waals surface area contributed by atoms with E-state index in [0.29, 0.717) is 31.5 Å². The minimum absolute atomic E-state index is 0.0546. The number of hydrogen-bond donors (Lipinski definition) is 0. The minimum atomic E-state index is -0.116. The summed E-state index contributed by atoms with van der Waals surface area (Å²) >= 11 is 1.52. The highest BCUT2D eigenvalue weighted by atomic mass is 32.1. The van der Waals surface area contributed by atoms with Crippen molar-refractivity contribution in [1.82, 2.24) is 9.88 Å². The van der Waals surface area contributed by atoms with Crippen molar-refractivity contribution in [3.05, 3.63) is 30.2 Å². The molecule has 2 aliphatic rings. The SMILES string of the molecule is COc1ccc2sc(OC3CCN(C(=O)C4=COCCO4)CC3)nc2c1. The zero-order chi connectivity index (χ0) is 17.9. The first-order valence-electron chi connectivity index (χ1n) is 8.58. The van der Waals surface area contributed by atoms with Crippen molar-refractivity contribution in [1.29, 1.82) is 0 Å². The van der Waals surface area contributed by atoms with Crippen LogP contribution < -0.4 is 9.47 Å². The Hall–Kier alpha value is -2.48. The molecule has 7 nitrogen and oxygen atoms in total. The molecule has 1 amide bonds. The van der Waals surface area contributed by atoms with Gasteiger partial charge in [-0.15, -0.1) is 0 Å². The maximum Gasteiger partial charge on any atom is 0.292 e. The van der Waals surface area contributed by atoms with Gasteiger partial charge in [-0.2, -0.15) is 0 Å². The van der Waals surface area contributed by atoms with Crippen molar-refractivity contribution in [3.8, 4) is 10.9 Å². The van der Waals surface area contributed by atoms with E-state index in [9.17, 15) is 4.79 Å². The molecule has 4 rings (SSSR count). The summed E-state index contributed by atoms with van der Waals surface area (Å²) < 4.78 is 22.9. The van der Waals surface area contributed by atoms with E-state index in [2.05, 4.69) is 4.98 Å². The molecule has 2 aromatic rings.